The number of amides is 1. The maximum atomic E-state index is 11.3. The van der Waals surface area contributed by atoms with Crippen molar-refractivity contribution in [3.05, 3.63) is 12.7 Å². The zero-order chi connectivity index (χ0) is 11.3. The molecule has 1 amide bonds. The van der Waals surface area contributed by atoms with E-state index in [0.717, 1.165) is 25.9 Å². The highest BCUT2D eigenvalue weighted by atomic mass is 16.5. The Morgan fingerprint density at radius 1 is 1.60 bits per heavy atom. The van der Waals surface area contributed by atoms with Crippen molar-refractivity contribution in [2.24, 2.45) is 5.92 Å². The Morgan fingerprint density at radius 2 is 2.33 bits per heavy atom. The largest absolute Gasteiger partial charge is 0.466 e. The van der Waals surface area contributed by atoms with Gasteiger partial charge in [-0.3, -0.25) is 9.59 Å². The predicted octanol–water partition coefficient (Wildman–Crippen LogP) is 0.974. The van der Waals surface area contributed by atoms with Gasteiger partial charge in [-0.2, -0.15) is 0 Å². The molecule has 15 heavy (non-hydrogen) atoms. The van der Waals surface area contributed by atoms with Gasteiger partial charge in [0.25, 0.3) is 0 Å². The summed E-state index contributed by atoms with van der Waals surface area (Å²) in [6, 6.07) is 0. The Balaban J connectivity index is 2.21. The molecule has 0 aromatic rings. The maximum Gasteiger partial charge on any atom is 0.302 e. The average Bonchev–Trinajstić information content (AvgIpc) is 2.65. The van der Waals surface area contributed by atoms with Gasteiger partial charge >= 0.3 is 5.97 Å². The van der Waals surface area contributed by atoms with Gasteiger partial charge in [-0.05, 0) is 24.8 Å². The number of hydrogen-bond donors (Lipinski definition) is 0. The van der Waals surface area contributed by atoms with Crippen molar-refractivity contribution >= 4 is 11.9 Å². The van der Waals surface area contributed by atoms with E-state index in [9.17, 15) is 9.59 Å². The maximum absolute atomic E-state index is 11.3. The molecule has 0 bridgehead atoms. The van der Waals surface area contributed by atoms with Crippen LogP contribution < -0.4 is 0 Å². The Labute approximate surface area is 89.9 Å². The van der Waals surface area contributed by atoms with Crippen LogP contribution in [-0.2, 0) is 14.3 Å². The molecular weight excluding hydrogens is 194 g/mol. The van der Waals surface area contributed by atoms with Gasteiger partial charge < -0.3 is 9.64 Å². The van der Waals surface area contributed by atoms with Crippen LogP contribution in [0.15, 0.2) is 12.7 Å². The van der Waals surface area contributed by atoms with Crippen LogP contribution in [0.5, 0.6) is 0 Å². The fourth-order valence-electron chi connectivity index (χ4n) is 1.77. The van der Waals surface area contributed by atoms with E-state index in [1.807, 2.05) is 0 Å². The fraction of sp³-hybridized carbons (Fsp3) is 0.636. The number of nitrogens with zero attached hydrogens (tertiary/aromatic N) is 1. The topological polar surface area (TPSA) is 46.6 Å². The minimum absolute atomic E-state index is 0.00927. The van der Waals surface area contributed by atoms with Crippen molar-refractivity contribution in [1.29, 1.82) is 0 Å². The number of rotatable bonds is 4. The summed E-state index contributed by atoms with van der Waals surface area (Å²) < 4.78 is 4.86. The smallest absolute Gasteiger partial charge is 0.302 e. The molecule has 1 atom stereocenters. The first kappa shape index (κ1) is 11.8. The first-order chi connectivity index (χ1) is 7.13. The summed E-state index contributed by atoms with van der Waals surface area (Å²) in [5.41, 5.74) is 0. The predicted molar refractivity (Wildman–Crippen MR) is 56.1 cm³/mol. The molecule has 1 rings (SSSR count). The molecule has 0 N–H and O–H groups in total. The zero-order valence-electron chi connectivity index (χ0n) is 9.07. The minimum Gasteiger partial charge on any atom is -0.466 e. The number of esters is 1. The van der Waals surface area contributed by atoms with Gasteiger partial charge in [0.15, 0.2) is 0 Å². The summed E-state index contributed by atoms with van der Waals surface area (Å²) in [5.74, 6) is 0.199. The fourth-order valence-corrected chi connectivity index (χ4v) is 1.77. The highest BCUT2D eigenvalue weighted by Crippen LogP contribution is 2.19. The minimum atomic E-state index is -0.243. The van der Waals surface area contributed by atoms with Crippen LogP contribution in [0.25, 0.3) is 0 Å². The van der Waals surface area contributed by atoms with Gasteiger partial charge in [0, 0.05) is 20.0 Å². The summed E-state index contributed by atoms with van der Waals surface area (Å²) in [7, 11) is 0. The highest BCUT2D eigenvalue weighted by molar-refractivity contribution is 5.87. The van der Waals surface area contributed by atoms with E-state index in [4.69, 9.17) is 4.74 Å². The number of carbonyl (C=O) groups is 2. The molecule has 0 saturated carbocycles. The molecule has 1 heterocycles. The molecule has 0 aromatic carbocycles. The Kier molecular flexibility index (Phi) is 4.34. The second-order valence-corrected chi connectivity index (χ2v) is 3.77. The van der Waals surface area contributed by atoms with Crippen molar-refractivity contribution in [2.75, 3.05) is 19.7 Å². The van der Waals surface area contributed by atoms with Crippen LogP contribution in [-0.4, -0.2) is 36.5 Å². The van der Waals surface area contributed by atoms with Crippen molar-refractivity contribution in [3.63, 3.8) is 0 Å². The lowest BCUT2D eigenvalue weighted by molar-refractivity contribution is -0.141. The molecule has 1 aliphatic rings. The molecule has 1 unspecified atom stereocenters. The summed E-state index contributed by atoms with van der Waals surface area (Å²) in [6.07, 6.45) is 3.16. The Bertz CT molecular complexity index is 263. The summed E-state index contributed by atoms with van der Waals surface area (Å²) >= 11 is 0. The van der Waals surface area contributed by atoms with E-state index in [1.165, 1.54) is 13.0 Å². The van der Waals surface area contributed by atoms with Gasteiger partial charge in [-0.1, -0.05) is 6.58 Å². The first-order valence-corrected chi connectivity index (χ1v) is 5.18. The molecule has 4 heteroatoms. The summed E-state index contributed by atoms with van der Waals surface area (Å²) in [6.45, 7) is 6.86. The van der Waals surface area contributed by atoms with Crippen LogP contribution in [0.3, 0.4) is 0 Å². The highest BCUT2D eigenvalue weighted by Gasteiger charge is 2.24. The third-order valence-corrected chi connectivity index (χ3v) is 2.60. The van der Waals surface area contributed by atoms with Crippen LogP contribution in [0, 0.1) is 5.92 Å². The van der Waals surface area contributed by atoms with Crippen LogP contribution in [0.2, 0.25) is 0 Å². The quantitative estimate of drug-likeness (QED) is 0.514. The van der Waals surface area contributed by atoms with Crippen molar-refractivity contribution in [2.45, 2.75) is 19.8 Å². The number of ether oxygens (including phenoxy) is 1. The standard InChI is InChI=1S/C11H17NO3/c1-3-11(14)12-6-4-10(8-12)5-7-15-9(2)13/h3,10H,1,4-8H2,2H3. The Morgan fingerprint density at radius 3 is 2.93 bits per heavy atom. The van der Waals surface area contributed by atoms with Crippen LogP contribution in [0.1, 0.15) is 19.8 Å². The van der Waals surface area contributed by atoms with E-state index in [1.54, 1.807) is 4.90 Å². The zero-order valence-corrected chi connectivity index (χ0v) is 9.07. The van der Waals surface area contributed by atoms with E-state index < -0.39 is 0 Å². The molecule has 1 saturated heterocycles. The molecule has 0 radical (unpaired) electrons. The lowest BCUT2D eigenvalue weighted by Crippen LogP contribution is -2.26. The van der Waals surface area contributed by atoms with Gasteiger partial charge in [0.05, 0.1) is 6.61 Å². The third-order valence-electron chi connectivity index (χ3n) is 2.60. The van der Waals surface area contributed by atoms with E-state index >= 15 is 0 Å². The lowest BCUT2D eigenvalue weighted by atomic mass is 10.1. The monoisotopic (exact) mass is 211 g/mol. The van der Waals surface area contributed by atoms with Crippen LogP contribution >= 0.6 is 0 Å². The lowest BCUT2D eigenvalue weighted by Gasteiger charge is -2.13. The van der Waals surface area contributed by atoms with Gasteiger partial charge in [0.1, 0.15) is 0 Å². The molecule has 1 fully saturated rings. The molecule has 0 aromatic heterocycles. The Hall–Kier alpha value is -1.32. The van der Waals surface area contributed by atoms with Crippen molar-refractivity contribution < 1.29 is 14.3 Å². The van der Waals surface area contributed by atoms with Crippen molar-refractivity contribution in [1.82, 2.24) is 4.90 Å². The molecular formula is C11H17NO3. The van der Waals surface area contributed by atoms with E-state index in [-0.39, 0.29) is 11.9 Å². The normalized spacial score (nSPS) is 20.1. The van der Waals surface area contributed by atoms with Crippen molar-refractivity contribution in [3.8, 4) is 0 Å². The van der Waals surface area contributed by atoms with E-state index in [2.05, 4.69) is 6.58 Å². The molecule has 4 nitrogen and oxygen atoms in total. The second kappa shape index (κ2) is 5.53. The summed E-state index contributed by atoms with van der Waals surface area (Å²) in [5, 5.41) is 0. The van der Waals surface area contributed by atoms with Gasteiger partial charge in [0.2, 0.25) is 5.91 Å². The number of hydrogen-bond acceptors (Lipinski definition) is 3. The second-order valence-electron chi connectivity index (χ2n) is 3.77. The first-order valence-electron chi connectivity index (χ1n) is 5.18. The van der Waals surface area contributed by atoms with Gasteiger partial charge in [-0.25, -0.2) is 0 Å². The molecule has 84 valence electrons. The molecule has 0 aliphatic carbocycles. The summed E-state index contributed by atoms with van der Waals surface area (Å²) in [4.78, 5) is 23.6. The average molecular weight is 211 g/mol. The molecule has 0 spiro atoms. The van der Waals surface area contributed by atoms with E-state index in [0.29, 0.717) is 12.5 Å². The van der Waals surface area contributed by atoms with Crippen LogP contribution in [0.4, 0.5) is 0 Å². The number of likely N-dealkylation sites (tertiary alicyclic amines) is 1. The SMILES string of the molecule is C=CC(=O)N1CCC(CCOC(C)=O)C1. The number of carbonyl (C=O) groups excluding carboxylic acids is 2. The van der Waals surface area contributed by atoms with Gasteiger partial charge in [-0.15, -0.1) is 0 Å². The molecule has 1 aliphatic heterocycles. The third kappa shape index (κ3) is 3.73.